The van der Waals surface area contributed by atoms with Crippen LogP contribution in [0.15, 0.2) is 23.1 Å². The van der Waals surface area contributed by atoms with Gasteiger partial charge in [0.1, 0.15) is 0 Å². The van der Waals surface area contributed by atoms with Gasteiger partial charge in [-0.3, -0.25) is 5.32 Å². The minimum Gasteiger partial charge on any atom is -0.450 e. The quantitative estimate of drug-likeness (QED) is 0.826. The maximum absolute atomic E-state index is 13.0. The van der Waals surface area contributed by atoms with Gasteiger partial charge in [0, 0.05) is 22.9 Å². The van der Waals surface area contributed by atoms with E-state index in [1.165, 1.54) is 15.6 Å². The van der Waals surface area contributed by atoms with Gasteiger partial charge in [-0.2, -0.15) is 4.31 Å². The average Bonchev–Trinajstić information content (AvgIpc) is 2.98. The van der Waals surface area contributed by atoms with Crippen LogP contribution in [0.25, 0.3) is 0 Å². The van der Waals surface area contributed by atoms with E-state index in [9.17, 15) is 13.2 Å². The lowest BCUT2D eigenvalue weighted by molar-refractivity contribution is 0.168. The largest absolute Gasteiger partial charge is 0.450 e. The number of amides is 1. The van der Waals surface area contributed by atoms with Crippen molar-refractivity contribution in [3.05, 3.63) is 39.4 Å². The molecule has 1 aromatic heterocycles. The minimum atomic E-state index is -3.66. The summed E-state index contributed by atoms with van der Waals surface area (Å²) in [6, 6.07) is 4.86. The number of fused-ring (bicyclic) bond motifs is 1. The van der Waals surface area contributed by atoms with Crippen molar-refractivity contribution < 1.29 is 17.9 Å². The molecule has 1 N–H and O–H groups in total. The van der Waals surface area contributed by atoms with E-state index in [0.717, 1.165) is 10.6 Å². The Balaban J connectivity index is 1.82. The summed E-state index contributed by atoms with van der Waals surface area (Å²) in [4.78, 5) is 16.9. The number of nitrogens with zero attached hydrogens (tertiary/aromatic N) is 2. The Hall–Kier alpha value is -1.68. The van der Waals surface area contributed by atoms with E-state index < -0.39 is 16.1 Å². The first kappa shape index (κ1) is 19.1. The molecule has 0 unspecified atom stereocenters. The molecule has 1 aliphatic rings. The summed E-state index contributed by atoms with van der Waals surface area (Å²) in [5.74, 6) is 0. The lowest BCUT2D eigenvalue weighted by Crippen LogP contribution is -2.35. The topological polar surface area (TPSA) is 88.6 Å². The van der Waals surface area contributed by atoms with Crippen LogP contribution in [0.5, 0.6) is 0 Å². The van der Waals surface area contributed by atoms with Gasteiger partial charge in [0.25, 0.3) is 0 Å². The molecule has 26 heavy (non-hydrogen) atoms. The van der Waals surface area contributed by atoms with Crippen molar-refractivity contribution in [1.82, 2.24) is 9.29 Å². The van der Waals surface area contributed by atoms with Crippen LogP contribution in [-0.2, 0) is 27.7 Å². The Kier molecular flexibility index (Phi) is 5.52. The van der Waals surface area contributed by atoms with Crippen molar-refractivity contribution in [2.75, 3.05) is 18.5 Å². The van der Waals surface area contributed by atoms with Crippen molar-refractivity contribution >= 4 is 44.2 Å². The Labute approximate surface area is 161 Å². The third-order valence-electron chi connectivity index (χ3n) is 4.02. The molecule has 0 spiro atoms. The number of aromatic nitrogens is 1. The molecule has 1 amide bonds. The highest BCUT2D eigenvalue weighted by Crippen LogP contribution is 2.32. The first-order chi connectivity index (χ1) is 12.3. The van der Waals surface area contributed by atoms with E-state index >= 15 is 0 Å². The third-order valence-corrected chi connectivity index (χ3v) is 7.41. The number of thiazole rings is 1. The molecule has 10 heteroatoms. The predicted molar refractivity (Wildman–Crippen MR) is 100 cm³/mol. The SMILES string of the molecule is CCOC(=O)Nc1nc2c(s1)CN(S(=O)(=O)c1cccc(Cl)c1C)CC2. The zero-order valence-corrected chi connectivity index (χ0v) is 16.7. The zero-order chi connectivity index (χ0) is 18.9. The van der Waals surface area contributed by atoms with Crippen LogP contribution in [0.3, 0.4) is 0 Å². The molecule has 0 saturated heterocycles. The van der Waals surface area contributed by atoms with Crippen molar-refractivity contribution in [3.63, 3.8) is 0 Å². The van der Waals surface area contributed by atoms with Crippen LogP contribution in [-0.4, -0.2) is 37.0 Å². The monoisotopic (exact) mass is 415 g/mol. The molecule has 1 aromatic carbocycles. The summed E-state index contributed by atoms with van der Waals surface area (Å²) in [5.41, 5.74) is 1.34. The third kappa shape index (κ3) is 3.71. The summed E-state index contributed by atoms with van der Waals surface area (Å²) < 4.78 is 32.3. The molecule has 3 rings (SSSR count). The van der Waals surface area contributed by atoms with Gasteiger partial charge in [-0.25, -0.2) is 18.2 Å². The highest BCUT2D eigenvalue weighted by molar-refractivity contribution is 7.89. The predicted octanol–water partition coefficient (Wildman–Crippen LogP) is 3.42. The van der Waals surface area contributed by atoms with Crippen LogP contribution >= 0.6 is 22.9 Å². The number of hydrogen-bond donors (Lipinski definition) is 1. The maximum Gasteiger partial charge on any atom is 0.413 e. The first-order valence-corrected chi connectivity index (χ1v) is 10.6. The highest BCUT2D eigenvalue weighted by Gasteiger charge is 2.31. The molecule has 0 bridgehead atoms. The van der Waals surface area contributed by atoms with Gasteiger partial charge in [-0.15, -0.1) is 0 Å². The maximum atomic E-state index is 13.0. The molecule has 0 fully saturated rings. The number of carbonyl (C=O) groups excluding carboxylic acids is 1. The van der Waals surface area contributed by atoms with Crippen molar-refractivity contribution in [2.24, 2.45) is 0 Å². The number of rotatable bonds is 4. The van der Waals surface area contributed by atoms with Crippen molar-refractivity contribution in [3.8, 4) is 0 Å². The Bertz CT molecular complexity index is 943. The summed E-state index contributed by atoms with van der Waals surface area (Å²) in [7, 11) is -3.66. The lowest BCUT2D eigenvalue weighted by atomic mass is 10.2. The minimum absolute atomic E-state index is 0.211. The average molecular weight is 416 g/mol. The number of anilines is 1. The van der Waals surface area contributed by atoms with Gasteiger partial charge < -0.3 is 4.74 Å². The fraction of sp³-hybridized carbons (Fsp3) is 0.375. The van der Waals surface area contributed by atoms with Crippen LogP contribution < -0.4 is 5.32 Å². The summed E-state index contributed by atoms with van der Waals surface area (Å²) in [6.45, 7) is 4.21. The standard InChI is InChI=1S/C16H18ClN3O4S2/c1-3-24-16(21)19-15-18-12-7-8-20(9-13(12)25-15)26(22,23)14-6-4-5-11(17)10(14)2/h4-6H,3,7-9H2,1-2H3,(H,18,19,21). The van der Waals surface area contributed by atoms with Crippen LogP contribution in [0.2, 0.25) is 5.02 Å². The van der Waals surface area contributed by atoms with Gasteiger partial charge in [0.05, 0.1) is 23.7 Å². The van der Waals surface area contributed by atoms with E-state index in [1.54, 1.807) is 32.0 Å². The molecule has 140 valence electrons. The van der Waals surface area contributed by atoms with Crippen LogP contribution in [0, 0.1) is 6.92 Å². The van der Waals surface area contributed by atoms with E-state index in [0.29, 0.717) is 28.7 Å². The Morgan fingerprint density at radius 1 is 1.46 bits per heavy atom. The zero-order valence-electron chi connectivity index (χ0n) is 14.3. The van der Waals surface area contributed by atoms with Crippen molar-refractivity contribution in [1.29, 1.82) is 0 Å². The molecule has 1 aliphatic heterocycles. The highest BCUT2D eigenvalue weighted by atomic mass is 35.5. The number of ether oxygens (including phenoxy) is 1. The second-order valence-corrected chi connectivity index (χ2v) is 9.08. The molecule has 0 aliphatic carbocycles. The summed E-state index contributed by atoms with van der Waals surface area (Å²) >= 11 is 7.33. The molecule has 0 radical (unpaired) electrons. The molecular formula is C16H18ClN3O4S2. The Morgan fingerprint density at radius 2 is 2.23 bits per heavy atom. The smallest absolute Gasteiger partial charge is 0.413 e. The van der Waals surface area contributed by atoms with Crippen molar-refractivity contribution in [2.45, 2.75) is 31.7 Å². The molecule has 2 aromatic rings. The number of carbonyl (C=O) groups is 1. The van der Waals surface area contributed by atoms with Gasteiger partial charge in [0.15, 0.2) is 5.13 Å². The molecule has 7 nitrogen and oxygen atoms in total. The fourth-order valence-electron chi connectivity index (χ4n) is 2.69. The normalized spacial score (nSPS) is 14.7. The number of halogens is 1. The number of nitrogens with one attached hydrogen (secondary N) is 1. The summed E-state index contributed by atoms with van der Waals surface area (Å²) in [6.07, 6.45) is -0.0903. The van der Waals surface area contributed by atoms with Crippen LogP contribution in [0.1, 0.15) is 23.1 Å². The first-order valence-electron chi connectivity index (χ1n) is 8.00. The molecule has 0 atom stereocenters. The lowest BCUT2D eigenvalue weighted by Gasteiger charge is -2.26. The number of hydrogen-bond acceptors (Lipinski definition) is 6. The van der Waals surface area contributed by atoms with E-state index in [4.69, 9.17) is 16.3 Å². The van der Waals surface area contributed by atoms with E-state index in [2.05, 4.69) is 10.3 Å². The Morgan fingerprint density at radius 3 is 2.96 bits per heavy atom. The van der Waals surface area contributed by atoms with Gasteiger partial charge >= 0.3 is 6.09 Å². The van der Waals surface area contributed by atoms with Crippen LogP contribution in [0.4, 0.5) is 9.93 Å². The van der Waals surface area contributed by atoms with E-state index in [1.807, 2.05) is 0 Å². The van der Waals surface area contributed by atoms with E-state index in [-0.39, 0.29) is 18.0 Å². The summed E-state index contributed by atoms with van der Waals surface area (Å²) in [5, 5.41) is 3.39. The second kappa shape index (κ2) is 7.51. The second-order valence-electron chi connectivity index (χ2n) is 5.69. The van der Waals surface area contributed by atoms with Gasteiger partial charge in [-0.05, 0) is 31.5 Å². The fourth-order valence-corrected chi connectivity index (χ4v) is 5.67. The molecule has 0 saturated carbocycles. The van der Waals surface area contributed by atoms with Gasteiger partial charge in [0.2, 0.25) is 10.0 Å². The molecular weight excluding hydrogens is 398 g/mol. The van der Waals surface area contributed by atoms with Gasteiger partial charge in [-0.1, -0.05) is 29.0 Å². The molecule has 2 heterocycles. The number of sulfonamides is 1. The number of benzene rings is 1.